The number of hydrogen-bond donors (Lipinski definition) is 0. The maximum atomic E-state index is 11.2. The number of Topliss-reactive ketones (excluding diaryl/α,β-unsaturated/α-hetero) is 1. The van der Waals surface area contributed by atoms with Gasteiger partial charge in [-0.25, -0.2) is 0 Å². The molecule has 0 amide bonds. The zero-order valence-corrected chi connectivity index (χ0v) is 16.2. The number of carbonyl (C=O) groups excluding carboxylic acids is 1. The van der Waals surface area contributed by atoms with Gasteiger partial charge in [0.2, 0.25) is 0 Å². The molecule has 0 radical (unpaired) electrons. The molecular formula is C22H29NO3. The summed E-state index contributed by atoms with van der Waals surface area (Å²) in [7, 11) is 0. The number of nitrogens with zero attached hydrogens (tertiary/aromatic N) is 1. The van der Waals surface area contributed by atoms with Crippen molar-refractivity contribution in [3.63, 3.8) is 0 Å². The van der Waals surface area contributed by atoms with Crippen LogP contribution in [0.2, 0.25) is 0 Å². The summed E-state index contributed by atoms with van der Waals surface area (Å²) in [6, 6.07) is 8.03. The number of hydrogen-bond acceptors (Lipinski definition) is 4. The third-order valence-corrected chi connectivity index (χ3v) is 4.74. The van der Waals surface area contributed by atoms with Crippen molar-refractivity contribution in [3.8, 4) is 5.75 Å². The van der Waals surface area contributed by atoms with Crippen LogP contribution in [-0.4, -0.2) is 31.8 Å². The van der Waals surface area contributed by atoms with Crippen LogP contribution in [-0.2, 0) is 9.53 Å². The van der Waals surface area contributed by atoms with Gasteiger partial charge in [-0.15, -0.1) is 0 Å². The van der Waals surface area contributed by atoms with Gasteiger partial charge in [0, 0.05) is 24.3 Å². The maximum absolute atomic E-state index is 11.2. The lowest BCUT2D eigenvalue weighted by Gasteiger charge is -2.26. The summed E-state index contributed by atoms with van der Waals surface area (Å²) in [5.74, 6) is 1.36. The van der Waals surface area contributed by atoms with Gasteiger partial charge < -0.3 is 9.47 Å². The molecule has 2 rings (SSSR count). The second-order valence-corrected chi connectivity index (χ2v) is 7.03. The fourth-order valence-corrected chi connectivity index (χ4v) is 2.49. The highest BCUT2D eigenvalue weighted by Gasteiger charge is 2.25. The molecule has 1 heterocycles. The lowest BCUT2D eigenvalue weighted by molar-refractivity contribution is -0.123. The number of ketones is 1. The van der Waals surface area contributed by atoms with E-state index in [9.17, 15) is 4.79 Å². The topological polar surface area (TPSA) is 47.9 Å². The van der Waals surface area contributed by atoms with Gasteiger partial charge in [0.25, 0.3) is 0 Å². The highest BCUT2D eigenvalue weighted by Crippen LogP contribution is 2.33. The average Bonchev–Trinajstić information content (AvgIpc) is 2.84. The molecule has 140 valence electrons. The van der Waals surface area contributed by atoms with Crippen molar-refractivity contribution in [3.05, 3.63) is 48.2 Å². The first-order valence-electron chi connectivity index (χ1n) is 9.21. The second kappa shape index (κ2) is 9.48. The number of carbonyl (C=O) groups is 1. The molecule has 0 saturated heterocycles. The summed E-state index contributed by atoms with van der Waals surface area (Å²) in [6.45, 7) is 9.45. The molecular weight excluding hydrogens is 326 g/mol. The normalized spacial score (nSPS) is 19.3. The second-order valence-electron chi connectivity index (χ2n) is 7.03. The summed E-state index contributed by atoms with van der Waals surface area (Å²) < 4.78 is 10.9. The van der Waals surface area contributed by atoms with Crippen molar-refractivity contribution in [2.24, 2.45) is 16.3 Å². The summed E-state index contributed by atoms with van der Waals surface area (Å²) >= 11 is 0. The Morgan fingerprint density at radius 3 is 2.58 bits per heavy atom. The molecule has 0 fully saturated rings. The van der Waals surface area contributed by atoms with Gasteiger partial charge in [-0.1, -0.05) is 45.9 Å². The maximum Gasteiger partial charge on any atom is 0.158 e. The molecule has 0 bridgehead atoms. The van der Waals surface area contributed by atoms with Crippen molar-refractivity contribution in [1.82, 2.24) is 0 Å². The molecule has 1 aromatic carbocycles. The van der Waals surface area contributed by atoms with Crippen molar-refractivity contribution < 1.29 is 14.3 Å². The summed E-state index contributed by atoms with van der Waals surface area (Å²) in [6.07, 6.45) is 8.69. The Hall–Kier alpha value is -2.20. The van der Waals surface area contributed by atoms with E-state index in [0.717, 1.165) is 16.9 Å². The lowest BCUT2D eigenvalue weighted by atomic mass is 9.78. The van der Waals surface area contributed by atoms with E-state index < -0.39 is 0 Å². The van der Waals surface area contributed by atoms with Crippen LogP contribution in [0.25, 0.3) is 5.57 Å². The fraction of sp³-hybridized carbons (Fsp3) is 0.455. The van der Waals surface area contributed by atoms with Crippen molar-refractivity contribution in [2.45, 2.75) is 34.1 Å². The van der Waals surface area contributed by atoms with Crippen LogP contribution in [0.5, 0.6) is 5.75 Å². The molecule has 0 aliphatic carbocycles. The minimum Gasteiger partial charge on any atom is -0.491 e. The van der Waals surface area contributed by atoms with Crippen LogP contribution in [0.3, 0.4) is 0 Å². The standard InChI is InChI=1S/C22H29NO3/c1-5-20(24)15-25-12-13-26-21-8-6-18(7-9-21)19-10-11-23-16-22(4,14-19)17(2)3/h6-11,14,16-17H,5,12-13,15H2,1-4H3. The van der Waals surface area contributed by atoms with E-state index in [4.69, 9.17) is 9.47 Å². The predicted molar refractivity (Wildman–Crippen MR) is 107 cm³/mol. The Bertz CT molecular complexity index is 686. The van der Waals surface area contributed by atoms with Crippen molar-refractivity contribution >= 4 is 17.6 Å². The first kappa shape index (κ1) is 20.1. The van der Waals surface area contributed by atoms with Gasteiger partial charge in [0.15, 0.2) is 5.78 Å². The van der Waals surface area contributed by atoms with E-state index in [1.165, 1.54) is 0 Å². The van der Waals surface area contributed by atoms with Gasteiger partial charge in [-0.2, -0.15) is 0 Å². The molecule has 0 saturated carbocycles. The van der Waals surface area contributed by atoms with Gasteiger partial charge in [-0.3, -0.25) is 9.79 Å². The van der Waals surface area contributed by atoms with E-state index in [1.807, 2.05) is 37.5 Å². The summed E-state index contributed by atoms with van der Waals surface area (Å²) in [5, 5.41) is 0. The zero-order chi connectivity index (χ0) is 19.0. The van der Waals surface area contributed by atoms with Gasteiger partial charge in [0.1, 0.15) is 19.0 Å². The molecule has 1 aromatic rings. The number of benzene rings is 1. The first-order valence-corrected chi connectivity index (χ1v) is 9.21. The lowest BCUT2D eigenvalue weighted by Crippen LogP contribution is -2.22. The highest BCUT2D eigenvalue weighted by molar-refractivity contribution is 5.82. The van der Waals surface area contributed by atoms with E-state index >= 15 is 0 Å². The van der Waals surface area contributed by atoms with E-state index in [0.29, 0.717) is 25.6 Å². The van der Waals surface area contributed by atoms with Gasteiger partial charge in [-0.05, 0) is 35.3 Å². The molecule has 26 heavy (non-hydrogen) atoms. The fourth-order valence-electron chi connectivity index (χ4n) is 2.49. The van der Waals surface area contributed by atoms with Gasteiger partial charge in [0.05, 0.1) is 6.61 Å². The summed E-state index contributed by atoms with van der Waals surface area (Å²) in [4.78, 5) is 15.6. The Morgan fingerprint density at radius 2 is 1.92 bits per heavy atom. The first-order chi connectivity index (χ1) is 12.4. The molecule has 1 unspecified atom stereocenters. The van der Waals surface area contributed by atoms with Crippen LogP contribution in [0.1, 0.15) is 39.7 Å². The molecule has 0 aromatic heterocycles. The Morgan fingerprint density at radius 1 is 1.19 bits per heavy atom. The number of allylic oxidation sites excluding steroid dienone is 3. The third kappa shape index (κ3) is 5.67. The van der Waals surface area contributed by atoms with Crippen LogP contribution in [0, 0.1) is 11.3 Å². The predicted octanol–water partition coefficient (Wildman–Crippen LogP) is 4.70. The van der Waals surface area contributed by atoms with Crippen LogP contribution < -0.4 is 4.74 Å². The van der Waals surface area contributed by atoms with Crippen LogP contribution in [0.4, 0.5) is 0 Å². The third-order valence-electron chi connectivity index (χ3n) is 4.74. The number of ether oxygens (including phenoxy) is 2. The quantitative estimate of drug-likeness (QED) is 0.603. The van der Waals surface area contributed by atoms with Crippen LogP contribution in [0.15, 0.2) is 47.6 Å². The van der Waals surface area contributed by atoms with Crippen molar-refractivity contribution in [2.75, 3.05) is 19.8 Å². The van der Waals surface area contributed by atoms with Crippen molar-refractivity contribution in [1.29, 1.82) is 0 Å². The molecule has 1 aliphatic heterocycles. The van der Waals surface area contributed by atoms with E-state index in [1.54, 1.807) is 0 Å². The van der Waals surface area contributed by atoms with E-state index in [2.05, 4.69) is 44.0 Å². The number of rotatable bonds is 9. The smallest absolute Gasteiger partial charge is 0.158 e. The molecule has 4 heteroatoms. The minimum atomic E-state index is -0.0682. The highest BCUT2D eigenvalue weighted by atomic mass is 16.5. The largest absolute Gasteiger partial charge is 0.491 e. The monoisotopic (exact) mass is 355 g/mol. The number of aliphatic imine (C=N–C) groups is 1. The summed E-state index contributed by atoms with van der Waals surface area (Å²) in [5.41, 5.74) is 2.23. The molecule has 4 nitrogen and oxygen atoms in total. The Labute approximate surface area is 156 Å². The Balaban J connectivity index is 1.94. The molecule has 0 spiro atoms. The average molecular weight is 355 g/mol. The minimum absolute atomic E-state index is 0.0682. The Kier molecular flexibility index (Phi) is 7.34. The molecule has 1 atom stereocenters. The molecule has 0 N–H and O–H groups in total. The SMILES string of the molecule is CCC(=O)COCCOc1ccc(C2=CC(C)(C(C)C)C=NC=C2)cc1. The van der Waals surface area contributed by atoms with E-state index in [-0.39, 0.29) is 17.8 Å². The zero-order valence-electron chi connectivity index (χ0n) is 16.2. The molecule has 1 aliphatic rings. The van der Waals surface area contributed by atoms with Gasteiger partial charge >= 0.3 is 0 Å². The van der Waals surface area contributed by atoms with Crippen LogP contribution >= 0.6 is 0 Å².